The van der Waals surface area contributed by atoms with Crippen molar-refractivity contribution in [3.8, 4) is 0 Å². The molecule has 3 heteroatoms. The molecule has 0 aromatic heterocycles. The minimum atomic E-state index is -0.284. The molecule has 0 fully saturated rings. The molecule has 0 aliphatic heterocycles. The van der Waals surface area contributed by atoms with Gasteiger partial charge >= 0.3 is 0 Å². The lowest BCUT2D eigenvalue weighted by Gasteiger charge is -2.09. The lowest BCUT2D eigenvalue weighted by Crippen LogP contribution is -2.18. The number of carbonyl (C=O) groups excluding carboxylic acids is 1. The largest absolute Gasteiger partial charge is 0.368 e. The second kappa shape index (κ2) is 4.16. The summed E-state index contributed by atoms with van der Waals surface area (Å²) in [4.78, 5) is 10.9. The second-order valence-corrected chi connectivity index (χ2v) is 3.37. The lowest BCUT2D eigenvalue weighted by molar-refractivity contribution is -0.117. The molecule has 0 saturated heterocycles. The zero-order chi connectivity index (χ0) is 8.97. The van der Waals surface area contributed by atoms with Gasteiger partial charge < -0.3 is 5.73 Å². The van der Waals surface area contributed by atoms with E-state index in [1.165, 1.54) is 11.8 Å². The predicted molar refractivity (Wildman–Crippen MR) is 51.9 cm³/mol. The monoisotopic (exact) mass is 181 g/mol. The molecule has 0 heterocycles. The van der Waals surface area contributed by atoms with Crippen molar-refractivity contribution in [3.05, 3.63) is 35.9 Å². The van der Waals surface area contributed by atoms with E-state index >= 15 is 0 Å². The van der Waals surface area contributed by atoms with Crippen LogP contribution < -0.4 is 5.73 Å². The van der Waals surface area contributed by atoms with Gasteiger partial charge in [0.05, 0.1) is 0 Å². The maximum Gasteiger partial charge on any atom is 0.235 e. The fraction of sp³-hybridized carbons (Fsp3) is 0.222. The number of rotatable bonds is 3. The quantitative estimate of drug-likeness (QED) is 0.769. The molecule has 1 aromatic carbocycles. The first-order chi connectivity index (χ1) is 5.75. The topological polar surface area (TPSA) is 43.1 Å². The van der Waals surface area contributed by atoms with Crippen LogP contribution in [0.4, 0.5) is 0 Å². The number of primary amides is 1. The third-order valence-corrected chi connectivity index (χ3v) is 2.57. The van der Waals surface area contributed by atoms with Crippen molar-refractivity contribution in [1.82, 2.24) is 0 Å². The first-order valence-electron chi connectivity index (χ1n) is 3.62. The fourth-order valence-electron chi connectivity index (χ4n) is 1.04. The molecule has 0 aliphatic rings. The summed E-state index contributed by atoms with van der Waals surface area (Å²) in [5.74, 6) is -0.284. The van der Waals surface area contributed by atoms with Crippen LogP contribution in [-0.2, 0) is 4.79 Å². The molecular weight excluding hydrogens is 170 g/mol. The highest BCUT2D eigenvalue weighted by molar-refractivity contribution is 7.99. The third kappa shape index (κ3) is 2.01. The Hall–Kier alpha value is -0.960. The average molecular weight is 181 g/mol. The van der Waals surface area contributed by atoms with E-state index in [0.29, 0.717) is 0 Å². The first kappa shape index (κ1) is 9.13. The van der Waals surface area contributed by atoms with E-state index in [0.717, 1.165) is 5.56 Å². The molecule has 12 heavy (non-hydrogen) atoms. The van der Waals surface area contributed by atoms with Crippen molar-refractivity contribution < 1.29 is 4.79 Å². The van der Waals surface area contributed by atoms with E-state index in [1.54, 1.807) is 0 Å². The van der Waals surface area contributed by atoms with Gasteiger partial charge in [-0.05, 0) is 11.8 Å². The van der Waals surface area contributed by atoms with Crippen molar-refractivity contribution >= 4 is 17.7 Å². The molecule has 64 valence electrons. The zero-order valence-electron chi connectivity index (χ0n) is 6.86. The van der Waals surface area contributed by atoms with Crippen molar-refractivity contribution in [2.24, 2.45) is 5.73 Å². The average Bonchev–Trinajstić information content (AvgIpc) is 2.07. The van der Waals surface area contributed by atoms with Crippen LogP contribution in [0.2, 0.25) is 0 Å². The van der Waals surface area contributed by atoms with Crippen molar-refractivity contribution in [2.75, 3.05) is 6.26 Å². The molecule has 0 aliphatic carbocycles. The minimum absolute atomic E-state index is 0.216. The number of hydrogen-bond acceptors (Lipinski definition) is 2. The van der Waals surface area contributed by atoms with Gasteiger partial charge in [0, 0.05) is 0 Å². The number of nitrogens with two attached hydrogens (primary N) is 1. The van der Waals surface area contributed by atoms with Gasteiger partial charge in [-0.1, -0.05) is 30.3 Å². The van der Waals surface area contributed by atoms with Gasteiger partial charge in [0.2, 0.25) is 5.91 Å². The van der Waals surface area contributed by atoms with E-state index in [-0.39, 0.29) is 11.2 Å². The summed E-state index contributed by atoms with van der Waals surface area (Å²) in [5.41, 5.74) is 6.19. The van der Waals surface area contributed by atoms with E-state index in [4.69, 9.17) is 5.73 Å². The van der Waals surface area contributed by atoms with Crippen LogP contribution in [0.15, 0.2) is 30.3 Å². The molecule has 0 radical (unpaired) electrons. The minimum Gasteiger partial charge on any atom is -0.368 e. The second-order valence-electron chi connectivity index (χ2n) is 2.43. The van der Waals surface area contributed by atoms with Crippen molar-refractivity contribution in [1.29, 1.82) is 0 Å². The van der Waals surface area contributed by atoms with Crippen molar-refractivity contribution in [2.45, 2.75) is 5.25 Å². The highest BCUT2D eigenvalue weighted by Gasteiger charge is 2.14. The molecule has 0 saturated carbocycles. The molecular formula is C9H11NOS. The van der Waals surface area contributed by atoms with Gasteiger partial charge in [-0.3, -0.25) is 4.79 Å². The summed E-state index contributed by atoms with van der Waals surface area (Å²) in [5, 5.41) is -0.216. The van der Waals surface area contributed by atoms with E-state index in [1.807, 2.05) is 36.6 Å². The van der Waals surface area contributed by atoms with Gasteiger partial charge in [0.1, 0.15) is 5.25 Å². The number of hydrogen-bond donors (Lipinski definition) is 1. The Morgan fingerprint density at radius 2 is 2.00 bits per heavy atom. The Labute approximate surface area is 76.2 Å². The van der Waals surface area contributed by atoms with Crippen LogP contribution in [-0.4, -0.2) is 12.2 Å². The summed E-state index contributed by atoms with van der Waals surface area (Å²) >= 11 is 1.46. The zero-order valence-corrected chi connectivity index (χ0v) is 7.67. The van der Waals surface area contributed by atoms with Crippen LogP contribution in [0.5, 0.6) is 0 Å². The lowest BCUT2D eigenvalue weighted by atomic mass is 10.1. The van der Waals surface area contributed by atoms with Gasteiger partial charge in [-0.15, -0.1) is 11.8 Å². The Morgan fingerprint density at radius 3 is 2.42 bits per heavy atom. The summed E-state index contributed by atoms with van der Waals surface area (Å²) in [6.07, 6.45) is 1.88. The van der Waals surface area contributed by atoms with Gasteiger partial charge in [0.25, 0.3) is 0 Å². The number of benzene rings is 1. The normalized spacial score (nSPS) is 12.4. The van der Waals surface area contributed by atoms with Crippen molar-refractivity contribution in [3.63, 3.8) is 0 Å². The number of thioether (sulfide) groups is 1. The molecule has 1 atom stereocenters. The molecule has 1 aromatic rings. The van der Waals surface area contributed by atoms with Crippen LogP contribution in [0.25, 0.3) is 0 Å². The Kier molecular flexibility index (Phi) is 3.17. The van der Waals surface area contributed by atoms with Crippen LogP contribution >= 0.6 is 11.8 Å². The molecule has 1 unspecified atom stereocenters. The molecule has 0 spiro atoms. The fourth-order valence-corrected chi connectivity index (χ4v) is 1.71. The maximum atomic E-state index is 10.9. The van der Waals surface area contributed by atoms with Gasteiger partial charge in [0.15, 0.2) is 0 Å². The summed E-state index contributed by atoms with van der Waals surface area (Å²) in [7, 11) is 0. The number of carbonyl (C=O) groups is 1. The smallest absolute Gasteiger partial charge is 0.235 e. The highest BCUT2D eigenvalue weighted by atomic mass is 32.2. The Morgan fingerprint density at radius 1 is 1.42 bits per heavy atom. The SMILES string of the molecule is CSC(C(N)=O)c1ccccc1. The van der Waals surface area contributed by atoms with Crippen LogP contribution in [0, 0.1) is 0 Å². The van der Waals surface area contributed by atoms with Crippen LogP contribution in [0.1, 0.15) is 10.8 Å². The molecule has 2 nitrogen and oxygen atoms in total. The molecule has 1 amide bonds. The van der Waals surface area contributed by atoms with E-state index in [9.17, 15) is 4.79 Å². The maximum absolute atomic E-state index is 10.9. The summed E-state index contributed by atoms with van der Waals surface area (Å²) in [6.45, 7) is 0. The highest BCUT2D eigenvalue weighted by Crippen LogP contribution is 2.25. The summed E-state index contributed by atoms with van der Waals surface area (Å²) in [6, 6.07) is 9.54. The van der Waals surface area contributed by atoms with Crippen LogP contribution in [0.3, 0.4) is 0 Å². The number of amides is 1. The standard InChI is InChI=1S/C9H11NOS/c1-12-8(9(10)11)7-5-3-2-4-6-7/h2-6,8H,1H3,(H2,10,11). The van der Waals surface area contributed by atoms with E-state index in [2.05, 4.69) is 0 Å². The Bertz CT molecular complexity index is 260. The summed E-state index contributed by atoms with van der Waals surface area (Å²) < 4.78 is 0. The van der Waals surface area contributed by atoms with Gasteiger partial charge in [-0.25, -0.2) is 0 Å². The first-order valence-corrected chi connectivity index (χ1v) is 4.91. The Balaban J connectivity index is 2.88. The predicted octanol–water partition coefficient (Wildman–Crippen LogP) is 1.58. The van der Waals surface area contributed by atoms with Gasteiger partial charge in [-0.2, -0.15) is 0 Å². The molecule has 1 rings (SSSR count). The molecule has 2 N–H and O–H groups in total. The third-order valence-electron chi connectivity index (χ3n) is 1.60. The molecule has 0 bridgehead atoms. The van der Waals surface area contributed by atoms with E-state index < -0.39 is 0 Å².